The summed E-state index contributed by atoms with van der Waals surface area (Å²) in [6, 6.07) is 5.94. The lowest BCUT2D eigenvalue weighted by Gasteiger charge is -2.08. The van der Waals surface area contributed by atoms with Gasteiger partial charge in [-0.1, -0.05) is 25.1 Å². The predicted octanol–water partition coefficient (Wildman–Crippen LogP) is 1.15. The highest BCUT2D eigenvalue weighted by Crippen LogP contribution is 2.23. The van der Waals surface area contributed by atoms with E-state index in [1.165, 1.54) is 10.2 Å². The summed E-state index contributed by atoms with van der Waals surface area (Å²) in [4.78, 5) is 11.3. The van der Waals surface area contributed by atoms with Crippen LogP contribution in [0.1, 0.15) is 42.2 Å². The highest BCUT2D eigenvalue weighted by molar-refractivity contribution is 5.94. The molecule has 0 radical (unpaired) electrons. The minimum atomic E-state index is -0.668. The number of carbonyl (C=O) groups is 1. The molecule has 0 saturated carbocycles. The zero-order valence-electron chi connectivity index (χ0n) is 11.7. The molecule has 1 aromatic carbocycles. The first kappa shape index (κ1) is 13.2. The fourth-order valence-corrected chi connectivity index (χ4v) is 2.18. The van der Waals surface area contributed by atoms with Gasteiger partial charge in [-0.15, -0.1) is 15.3 Å². The van der Waals surface area contributed by atoms with Crippen molar-refractivity contribution in [3.05, 3.63) is 29.5 Å². The molecule has 0 aliphatic carbocycles. The summed E-state index contributed by atoms with van der Waals surface area (Å²) < 4.78 is 1.46. The lowest BCUT2D eigenvalue weighted by Crippen LogP contribution is -2.15. The average molecular weight is 285 g/mol. The van der Waals surface area contributed by atoms with Crippen molar-refractivity contribution in [2.24, 2.45) is 5.73 Å². The van der Waals surface area contributed by atoms with Crippen molar-refractivity contribution >= 4 is 16.9 Å². The lowest BCUT2D eigenvalue weighted by atomic mass is 9.98. The Balaban J connectivity index is 2.13. The smallest absolute Gasteiger partial charge is 0.273 e. The summed E-state index contributed by atoms with van der Waals surface area (Å²) in [6.07, 6.45) is 1.05. The van der Waals surface area contributed by atoms with E-state index in [0.717, 1.165) is 17.5 Å². The molecule has 2 aromatic heterocycles. The van der Waals surface area contributed by atoms with E-state index >= 15 is 0 Å². The van der Waals surface area contributed by atoms with Crippen molar-refractivity contribution in [3.63, 3.8) is 0 Å². The number of aromatic amines is 1. The summed E-state index contributed by atoms with van der Waals surface area (Å²) >= 11 is 0. The van der Waals surface area contributed by atoms with E-state index in [1.807, 2.05) is 18.2 Å². The summed E-state index contributed by atoms with van der Waals surface area (Å²) in [5.41, 5.74) is 7.99. The van der Waals surface area contributed by atoms with Gasteiger partial charge in [0.1, 0.15) is 5.52 Å². The van der Waals surface area contributed by atoms with Crippen molar-refractivity contribution in [2.75, 3.05) is 0 Å². The molecule has 3 N–H and O–H groups in total. The van der Waals surface area contributed by atoms with Crippen LogP contribution in [-0.2, 0) is 0 Å². The van der Waals surface area contributed by atoms with Gasteiger partial charge < -0.3 is 5.73 Å². The molecule has 0 aliphatic rings. The van der Waals surface area contributed by atoms with Crippen molar-refractivity contribution in [3.8, 4) is 5.82 Å². The summed E-state index contributed by atoms with van der Waals surface area (Å²) in [5, 5.41) is 18.2. The second-order valence-corrected chi connectivity index (χ2v) is 4.92. The molecule has 0 fully saturated rings. The van der Waals surface area contributed by atoms with Crippen LogP contribution in [0.4, 0.5) is 0 Å². The van der Waals surface area contributed by atoms with E-state index in [2.05, 4.69) is 39.6 Å². The SMILES string of the molecule is CCC(C)c1ccc2c(c1)nnn2-c1n[nH]nc1C(N)=O. The molecule has 3 rings (SSSR count). The molecule has 0 saturated heterocycles. The highest BCUT2D eigenvalue weighted by atomic mass is 16.1. The highest BCUT2D eigenvalue weighted by Gasteiger charge is 2.18. The first-order chi connectivity index (χ1) is 10.1. The Morgan fingerprint density at radius 3 is 2.95 bits per heavy atom. The van der Waals surface area contributed by atoms with Gasteiger partial charge in [0.2, 0.25) is 5.82 Å². The van der Waals surface area contributed by atoms with Crippen LogP contribution in [-0.4, -0.2) is 36.3 Å². The zero-order valence-corrected chi connectivity index (χ0v) is 11.7. The summed E-state index contributed by atoms with van der Waals surface area (Å²) in [5.74, 6) is 0.0349. The van der Waals surface area contributed by atoms with Crippen LogP contribution in [0.3, 0.4) is 0 Å². The van der Waals surface area contributed by atoms with Crippen molar-refractivity contribution < 1.29 is 4.79 Å². The topological polar surface area (TPSA) is 115 Å². The maximum atomic E-state index is 11.3. The molecular weight excluding hydrogens is 270 g/mol. The van der Waals surface area contributed by atoms with Gasteiger partial charge in [-0.25, -0.2) is 0 Å². The van der Waals surface area contributed by atoms with E-state index < -0.39 is 5.91 Å². The molecule has 1 amide bonds. The maximum absolute atomic E-state index is 11.3. The number of primary amides is 1. The summed E-state index contributed by atoms with van der Waals surface area (Å²) in [6.45, 7) is 4.30. The van der Waals surface area contributed by atoms with Gasteiger partial charge in [-0.2, -0.15) is 9.90 Å². The van der Waals surface area contributed by atoms with Crippen molar-refractivity contribution in [1.29, 1.82) is 0 Å². The third kappa shape index (κ3) is 2.14. The number of nitrogens with one attached hydrogen (secondary N) is 1. The van der Waals surface area contributed by atoms with Crippen LogP contribution in [0.25, 0.3) is 16.9 Å². The number of hydrogen-bond acceptors (Lipinski definition) is 5. The normalized spacial score (nSPS) is 12.7. The number of carbonyl (C=O) groups excluding carboxylic acids is 1. The number of aromatic nitrogens is 6. The number of benzene rings is 1. The maximum Gasteiger partial charge on any atom is 0.273 e. The molecule has 1 atom stereocenters. The van der Waals surface area contributed by atoms with E-state index in [-0.39, 0.29) is 11.5 Å². The Labute approximate surface area is 120 Å². The van der Waals surface area contributed by atoms with Crippen LogP contribution < -0.4 is 5.73 Å². The van der Waals surface area contributed by atoms with Crippen LogP contribution in [0.5, 0.6) is 0 Å². The summed E-state index contributed by atoms with van der Waals surface area (Å²) in [7, 11) is 0. The second kappa shape index (κ2) is 4.97. The third-order valence-electron chi connectivity index (χ3n) is 3.61. The second-order valence-electron chi connectivity index (χ2n) is 4.92. The van der Waals surface area contributed by atoms with Crippen LogP contribution in [0, 0.1) is 0 Å². The van der Waals surface area contributed by atoms with Crippen LogP contribution in [0.2, 0.25) is 0 Å². The number of rotatable bonds is 4. The van der Waals surface area contributed by atoms with Gasteiger partial charge in [-0.05, 0) is 30.0 Å². The minimum Gasteiger partial charge on any atom is -0.364 e. The molecule has 0 spiro atoms. The Kier molecular flexibility index (Phi) is 3.13. The number of fused-ring (bicyclic) bond motifs is 1. The number of nitrogens with zero attached hydrogens (tertiary/aromatic N) is 5. The monoisotopic (exact) mass is 285 g/mol. The fourth-order valence-electron chi connectivity index (χ4n) is 2.18. The number of hydrogen-bond donors (Lipinski definition) is 2. The molecule has 108 valence electrons. The van der Waals surface area contributed by atoms with Gasteiger partial charge in [0.15, 0.2) is 5.69 Å². The molecule has 21 heavy (non-hydrogen) atoms. The van der Waals surface area contributed by atoms with Gasteiger partial charge in [-0.3, -0.25) is 4.79 Å². The van der Waals surface area contributed by atoms with Crippen LogP contribution >= 0.6 is 0 Å². The Hall–Kier alpha value is -2.77. The Bertz CT molecular complexity index is 804. The zero-order chi connectivity index (χ0) is 15.0. The number of amides is 1. The van der Waals surface area contributed by atoms with E-state index in [1.54, 1.807) is 0 Å². The molecule has 0 bridgehead atoms. The predicted molar refractivity (Wildman–Crippen MR) is 76.0 cm³/mol. The van der Waals surface area contributed by atoms with E-state index in [0.29, 0.717) is 5.92 Å². The molecule has 8 heteroatoms. The number of nitrogens with two attached hydrogens (primary N) is 1. The molecule has 0 aliphatic heterocycles. The fraction of sp³-hybridized carbons (Fsp3) is 0.308. The average Bonchev–Trinajstić information content (AvgIpc) is 3.11. The molecule has 2 heterocycles. The number of H-pyrrole nitrogens is 1. The standard InChI is InChI=1S/C13H15N7O/c1-3-7(2)8-4-5-10-9(6-8)15-19-20(10)13-11(12(14)21)16-18-17-13/h4-7H,3H2,1-2H3,(H2,14,21)(H,16,17,18). The van der Waals surface area contributed by atoms with Crippen molar-refractivity contribution in [2.45, 2.75) is 26.2 Å². The van der Waals surface area contributed by atoms with Gasteiger partial charge in [0, 0.05) is 0 Å². The van der Waals surface area contributed by atoms with Crippen molar-refractivity contribution in [1.82, 2.24) is 30.4 Å². The molecule has 8 nitrogen and oxygen atoms in total. The van der Waals surface area contributed by atoms with Gasteiger partial charge >= 0.3 is 0 Å². The third-order valence-corrected chi connectivity index (χ3v) is 3.61. The largest absolute Gasteiger partial charge is 0.364 e. The first-order valence-electron chi connectivity index (χ1n) is 6.68. The van der Waals surface area contributed by atoms with E-state index in [9.17, 15) is 4.79 Å². The molecular formula is C13H15N7O. The van der Waals surface area contributed by atoms with Gasteiger partial charge in [0.05, 0.1) is 5.52 Å². The van der Waals surface area contributed by atoms with Crippen LogP contribution in [0.15, 0.2) is 18.2 Å². The molecule has 3 aromatic rings. The Morgan fingerprint density at radius 1 is 1.43 bits per heavy atom. The lowest BCUT2D eigenvalue weighted by molar-refractivity contribution is 0.0995. The van der Waals surface area contributed by atoms with E-state index in [4.69, 9.17) is 5.73 Å². The molecule has 1 unspecified atom stereocenters. The quantitative estimate of drug-likeness (QED) is 0.746. The minimum absolute atomic E-state index is 0.0350. The van der Waals surface area contributed by atoms with Gasteiger partial charge in [0.25, 0.3) is 5.91 Å². The first-order valence-corrected chi connectivity index (χ1v) is 6.68. The Morgan fingerprint density at radius 2 is 2.24 bits per heavy atom.